The lowest BCUT2D eigenvalue weighted by Gasteiger charge is -2.34. The van der Waals surface area contributed by atoms with Gasteiger partial charge in [-0.3, -0.25) is 4.90 Å². The minimum Gasteiger partial charge on any atom is -0.295 e. The highest BCUT2D eigenvalue weighted by molar-refractivity contribution is 4.76. The van der Waals surface area contributed by atoms with Gasteiger partial charge in [0.1, 0.15) is 0 Å². The number of likely N-dealkylation sites (tertiary alicyclic amines) is 1. The van der Waals surface area contributed by atoms with E-state index in [2.05, 4.69) is 13.8 Å². The molecule has 16 heavy (non-hydrogen) atoms. The van der Waals surface area contributed by atoms with Gasteiger partial charge >= 0.3 is 6.18 Å². The van der Waals surface area contributed by atoms with E-state index < -0.39 is 12.7 Å². The summed E-state index contributed by atoms with van der Waals surface area (Å²) in [7, 11) is 0. The molecule has 0 aromatic carbocycles. The standard InChI is InChI=1S/C12H22F3N/c1-3-10(2)7-11-5-4-6-16(8-11)9-12(13,14)15/h10-11H,3-9H2,1-2H3. The van der Waals surface area contributed by atoms with Gasteiger partial charge in [0.15, 0.2) is 0 Å². The van der Waals surface area contributed by atoms with Gasteiger partial charge in [-0.25, -0.2) is 0 Å². The van der Waals surface area contributed by atoms with E-state index in [1.54, 1.807) is 4.90 Å². The number of halogens is 3. The average molecular weight is 237 g/mol. The van der Waals surface area contributed by atoms with E-state index in [4.69, 9.17) is 0 Å². The maximum absolute atomic E-state index is 12.3. The highest BCUT2D eigenvalue weighted by atomic mass is 19.4. The molecule has 1 rings (SSSR count). The van der Waals surface area contributed by atoms with E-state index in [9.17, 15) is 13.2 Å². The van der Waals surface area contributed by atoms with Gasteiger partial charge in [-0.15, -0.1) is 0 Å². The fourth-order valence-corrected chi connectivity index (χ4v) is 2.48. The van der Waals surface area contributed by atoms with Crippen molar-refractivity contribution >= 4 is 0 Å². The van der Waals surface area contributed by atoms with Gasteiger partial charge < -0.3 is 0 Å². The molecular weight excluding hydrogens is 215 g/mol. The van der Waals surface area contributed by atoms with Crippen LogP contribution in [0.15, 0.2) is 0 Å². The molecule has 0 aromatic heterocycles. The van der Waals surface area contributed by atoms with Crippen LogP contribution in [-0.2, 0) is 0 Å². The van der Waals surface area contributed by atoms with Crippen molar-refractivity contribution in [3.8, 4) is 0 Å². The third-order valence-electron chi connectivity index (χ3n) is 3.44. The molecule has 0 radical (unpaired) electrons. The number of hydrogen-bond acceptors (Lipinski definition) is 1. The Morgan fingerprint density at radius 3 is 2.62 bits per heavy atom. The first-order valence-corrected chi connectivity index (χ1v) is 6.19. The van der Waals surface area contributed by atoms with Crippen molar-refractivity contribution in [2.75, 3.05) is 19.6 Å². The molecule has 96 valence electrons. The Bertz CT molecular complexity index is 203. The molecule has 0 amide bonds. The van der Waals surface area contributed by atoms with Crippen LogP contribution in [0.25, 0.3) is 0 Å². The molecule has 1 aliphatic heterocycles. The second-order valence-electron chi connectivity index (χ2n) is 5.11. The number of nitrogens with zero attached hydrogens (tertiary/aromatic N) is 1. The molecular formula is C12H22F3N. The molecule has 0 aliphatic carbocycles. The molecule has 0 saturated carbocycles. The number of hydrogen-bond donors (Lipinski definition) is 0. The van der Waals surface area contributed by atoms with E-state index in [1.165, 1.54) is 0 Å². The first-order chi connectivity index (χ1) is 7.40. The van der Waals surface area contributed by atoms with Crippen molar-refractivity contribution in [1.29, 1.82) is 0 Å². The zero-order valence-corrected chi connectivity index (χ0v) is 10.2. The lowest BCUT2D eigenvalue weighted by molar-refractivity contribution is -0.149. The van der Waals surface area contributed by atoms with Gasteiger partial charge in [0.2, 0.25) is 0 Å². The van der Waals surface area contributed by atoms with Crippen molar-refractivity contribution < 1.29 is 13.2 Å². The smallest absolute Gasteiger partial charge is 0.295 e. The van der Waals surface area contributed by atoms with Crippen molar-refractivity contribution in [2.45, 2.75) is 45.7 Å². The Balaban J connectivity index is 2.35. The average Bonchev–Trinajstić information content (AvgIpc) is 2.15. The fourth-order valence-electron chi connectivity index (χ4n) is 2.48. The lowest BCUT2D eigenvalue weighted by Crippen LogP contribution is -2.41. The van der Waals surface area contributed by atoms with Crippen LogP contribution in [0.2, 0.25) is 0 Å². The van der Waals surface area contributed by atoms with E-state index in [1.807, 2.05) is 0 Å². The Hall–Kier alpha value is -0.250. The largest absolute Gasteiger partial charge is 0.401 e. The maximum Gasteiger partial charge on any atom is 0.401 e. The van der Waals surface area contributed by atoms with Gasteiger partial charge in [0.05, 0.1) is 6.54 Å². The van der Waals surface area contributed by atoms with E-state index in [-0.39, 0.29) is 0 Å². The Kier molecular flexibility index (Phi) is 5.09. The van der Waals surface area contributed by atoms with Crippen LogP contribution in [0, 0.1) is 11.8 Å². The Morgan fingerprint density at radius 2 is 2.06 bits per heavy atom. The predicted octanol–water partition coefficient (Wildman–Crippen LogP) is 3.70. The first-order valence-electron chi connectivity index (χ1n) is 6.19. The number of alkyl halides is 3. The van der Waals surface area contributed by atoms with Crippen LogP contribution in [0.4, 0.5) is 13.2 Å². The van der Waals surface area contributed by atoms with Crippen LogP contribution in [0.1, 0.15) is 39.5 Å². The predicted molar refractivity (Wildman–Crippen MR) is 59.3 cm³/mol. The van der Waals surface area contributed by atoms with Crippen molar-refractivity contribution in [1.82, 2.24) is 4.90 Å². The third-order valence-corrected chi connectivity index (χ3v) is 3.44. The quantitative estimate of drug-likeness (QED) is 0.720. The SMILES string of the molecule is CCC(C)CC1CCCN(CC(F)(F)F)C1. The lowest BCUT2D eigenvalue weighted by atomic mass is 9.88. The van der Waals surface area contributed by atoms with E-state index in [0.717, 1.165) is 25.7 Å². The van der Waals surface area contributed by atoms with Gasteiger partial charge in [-0.05, 0) is 37.6 Å². The summed E-state index contributed by atoms with van der Waals surface area (Å²) in [6.07, 6.45) is 0.161. The summed E-state index contributed by atoms with van der Waals surface area (Å²) >= 11 is 0. The topological polar surface area (TPSA) is 3.24 Å². The second kappa shape index (κ2) is 5.89. The first kappa shape index (κ1) is 13.8. The second-order valence-corrected chi connectivity index (χ2v) is 5.11. The summed E-state index contributed by atoms with van der Waals surface area (Å²) in [5.74, 6) is 1.10. The molecule has 1 aliphatic rings. The molecule has 2 atom stereocenters. The summed E-state index contributed by atoms with van der Waals surface area (Å²) < 4.78 is 36.8. The summed E-state index contributed by atoms with van der Waals surface area (Å²) in [5.41, 5.74) is 0. The van der Waals surface area contributed by atoms with Crippen LogP contribution < -0.4 is 0 Å². The van der Waals surface area contributed by atoms with Crippen LogP contribution in [0.5, 0.6) is 0 Å². The molecule has 2 unspecified atom stereocenters. The Labute approximate surface area is 96.0 Å². The molecule has 0 bridgehead atoms. The van der Waals surface area contributed by atoms with Gasteiger partial charge in [-0.2, -0.15) is 13.2 Å². The van der Waals surface area contributed by atoms with Gasteiger partial charge in [-0.1, -0.05) is 20.3 Å². The normalized spacial score (nSPS) is 25.7. The minimum atomic E-state index is -4.04. The summed E-state index contributed by atoms with van der Waals surface area (Å²) in [6, 6.07) is 0. The molecule has 1 nitrogen and oxygen atoms in total. The molecule has 4 heteroatoms. The highest BCUT2D eigenvalue weighted by Crippen LogP contribution is 2.26. The molecule has 0 spiro atoms. The van der Waals surface area contributed by atoms with Crippen LogP contribution in [0.3, 0.4) is 0 Å². The van der Waals surface area contributed by atoms with E-state index in [0.29, 0.717) is 24.9 Å². The van der Waals surface area contributed by atoms with Crippen LogP contribution >= 0.6 is 0 Å². The molecule has 0 aromatic rings. The maximum atomic E-state index is 12.3. The molecule has 1 heterocycles. The van der Waals surface area contributed by atoms with Crippen LogP contribution in [-0.4, -0.2) is 30.7 Å². The van der Waals surface area contributed by atoms with Gasteiger partial charge in [0, 0.05) is 6.54 Å². The Morgan fingerprint density at radius 1 is 1.38 bits per heavy atom. The molecule has 1 saturated heterocycles. The molecule has 0 N–H and O–H groups in total. The molecule has 1 fully saturated rings. The summed E-state index contributed by atoms with van der Waals surface area (Å²) in [6.45, 7) is 4.83. The summed E-state index contributed by atoms with van der Waals surface area (Å²) in [5, 5.41) is 0. The van der Waals surface area contributed by atoms with Crippen molar-refractivity contribution in [3.05, 3.63) is 0 Å². The minimum absolute atomic E-state index is 0.464. The zero-order valence-electron chi connectivity index (χ0n) is 10.2. The number of piperidine rings is 1. The summed E-state index contributed by atoms with van der Waals surface area (Å²) in [4.78, 5) is 1.57. The van der Waals surface area contributed by atoms with Crippen molar-refractivity contribution in [2.24, 2.45) is 11.8 Å². The monoisotopic (exact) mass is 237 g/mol. The van der Waals surface area contributed by atoms with Crippen molar-refractivity contribution in [3.63, 3.8) is 0 Å². The number of rotatable bonds is 4. The fraction of sp³-hybridized carbons (Fsp3) is 1.00. The highest BCUT2D eigenvalue weighted by Gasteiger charge is 2.33. The zero-order chi connectivity index (χ0) is 12.2. The van der Waals surface area contributed by atoms with E-state index >= 15 is 0 Å². The van der Waals surface area contributed by atoms with Gasteiger partial charge in [0.25, 0.3) is 0 Å². The third kappa shape index (κ3) is 5.19.